The van der Waals surface area contributed by atoms with Crippen LogP contribution < -0.4 is 32.4 Å². The molecular weight excluding hydrogens is 1020 g/mol. The molecule has 0 saturated carbocycles. The Morgan fingerprint density at radius 2 is 1.10 bits per heavy atom. The molecule has 2 aliphatic heterocycles. The van der Waals surface area contributed by atoms with Gasteiger partial charge in [0.15, 0.2) is 29.6 Å². The molecule has 4 N–H and O–H groups in total. The molecule has 4 amide bonds. The number of nitrogens with zero attached hydrogens (tertiary/aromatic N) is 4. The number of nitrogens with one attached hydrogen (secondary N) is 4. The van der Waals surface area contributed by atoms with E-state index in [-0.39, 0.29) is 49.1 Å². The van der Waals surface area contributed by atoms with Crippen LogP contribution in [0.4, 0.5) is 28.9 Å². The number of carbonyl (C=O) groups excluding carboxylic acids is 5. The van der Waals surface area contributed by atoms with Gasteiger partial charge >= 0.3 is 0 Å². The molecule has 10 rings (SSSR count). The molecule has 0 aliphatic carbocycles. The smallest absolute Gasteiger partial charge is 0.263 e. The van der Waals surface area contributed by atoms with E-state index in [0.29, 0.717) is 34.4 Å². The maximum absolute atomic E-state index is 13.5. The molecule has 19 heteroatoms. The Bertz CT molecular complexity index is 3830. The van der Waals surface area contributed by atoms with Crippen molar-refractivity contribution in [1.29, 1.82) is 0 Å². The molecule has 0 unspecified atom stereocenters. The number of fused-ring (bicyclic) bond motifs is 2. The van der Waals surface area contributed by atoms with E-state index in [4.69, 9.17) is 0 Å². The molecule has 0 saturated heterocycles. The highest BCUT2D eigenvalue weighted by molar-refractivity contribution is 6.35. The average molecular weight is 1070 g/mol. The van der Waals surface area contributed by atoms with E-state index in [1.54, 1.807) is 79.3 Å². The number of pyridine rings is 4. The zero-order valence-corrected chi connectivity index (χ0v) is 41.7. The van der Waals surface area contributed by atoms with Gasteiger partial charge in [0, 0.05) is 78.3 Å². The summed E-state index contributed by atoms with van der Waals surface area (Å²) in [5, 5.41) is 11.0. The maximum atomic E-state index is 13.5. The predicted molar refractivity (Wildman–Crippen MR) is 291 cm³/mol. The Kier molecular flexibility index (Phi) is 18.0. The summed E-state index contributed by atoms with van der Waals surface area (Å²) in [6.07, 6.45) is 19.4. The van der Waals surface area contributed by atoms with Crippen molar-refractivity contribution in [3.8, 4) is 0 Å². The van der Waals surface area contributed by atoms with Gasteiger partial charge in [0.25, 0.3) is 28.8 Å². The summed E-state index contributed by atoms with van der Waals surface area (Å²) in [7, 11) is 0. The zero-order valence-electron chi connectivity index (χ0n) is 41.7. The van der Waals surface area contributed by atoms with E-state index < -0.39 is 46.2 Å². The molecule has 2 aliphatic rings. The first-order valence-corrected chi connectivity index (χ1v) is 24.2. The molecule has 4 aromatic carbocycles. The molecule has 15 nitrogen and oxygen atoms in total. The van der Waals surface area contributed by atoms with Gasteiger partial charge in [0.05, 0.1) is 19.5 Å². The van der Waals surface area contributed by atoms with Crippen LogP contribution in [-0.4, -0.2) is 62.1 Å². The lowest BCUT2D eigenvalue weighted by Gasteiger charge is -2.09. The lowest BCUT2D eigenvalue weighted by molar-refractivity contribution is -0.115. The van der Waals surface area contributed by atoms with Gasteiger partial charge in [-0.15, -0.1) is 0 Å². The van der Waals surface area contributed by atoms with Crippen LogP contribution in [0.25, 0.3) is 23.8 Å². The molecule has 4 aromatic heterocycles. The van der Waals surface area contributed by atoms with Gasteiger partial charge in [0.2, 0.25) is 5.91 Å². The van der Waals surface area contributed by atoms with Gasteiger partial charge < -0.3 is 30.4 Å². The van der Waals surface area contributed by atoms with Crippen LogP contribution in [0, 0.1) is 23.3 Å². The number of aldehydes is 1. The summed E-state index contributed by atoms with van der Waals surface area (Å²) in [5.41, 5.74) is 6.48. The Morgan fingerprint density at radius 3 is 1.61 bits per heavy atom. The number of hydrogen-bond donors (Lipinski definition) is 4. The lowest BCUT2D eigenvalue weighted by Crippen LogP contribution is -2.33. The Balaban J connectivity index is 0.000000185. The van der Waals surface area contributed by atoms with Crippen LogP contribution in [0.1, 0.15) is 70.0 Å². The SMILES string of the molecule is O=C1Cc2ccc(/C=C/CNC(=O)c3cccn(Cc4ccc(F)c(F)c4)c3=O)cc2N1.O=C1Nc2cc(/C=C/CNC(=O)c3cccn(Cc4ccc(F)c(F)c4)c3=O)ccc2/C1=C\c1cccnc1.O=Cc1cccnc1. The number of halogens is 4. The summed E-state index contributed by atoms with van der Waals surface area (Å²) in [5.74, 6) is -5.27. The Morgan fingerprint density at radius 1 is 0.570 bits per heavy atom. The number of rotatable bonds is 14. The first-order valence-electron chi connectivity index (χ1n) is 24.2. The summed E-state index contributed by atoms with van der Waals surface area (Å²) in [6.45, 7) is 0.350. The van der Waals surface area contributed by atoms with E-state index in [0.717, 1.165) is 64.1 Å². The van der Waals surface area contributed by atoms with Gasteiger partial charge in [-0.25, -0.2) is 17.6 Å². The number of amides is 4. The van der Waals surface area contributed by atoms with E-state index in [1.807, 2.05) is 42.5 Å². The fourth-order valence-electron chi connectivity index (χ4n) is 8.09. The summed E-state index contributed by atoms with van der Waals surface area (Å²) in [6, 6.07) is 31.0. The number of hydrogen-bond acceptors (Lipinski definition) is 9. The Labute approximate surface area is 448 Å². The van der Waals surface area contributed by atoms with Gasteiger partial charge in [0.1, 0.15) is 11.1 Å². The number of aromatic nitrogens is 4. The number of benzene rings is 4. The van der Waals surface area contributed by atoms with Crippen LogP contribution in [0.15, 0.2) is 180 Å². The van der Waals surface area contributed by atoms with Gasteiger partial charge in [-0.05, 0) is 118 Å². The van der Waals surface area contributed by atoms with E-state index >= 15 is 0 Å². The topological polar surface area (TPSA) is 203 Å². The number of anilines is 2. The quantitative estimate of drug-likeness (QED) is 0.0468. The first kappa shape index (κ1) is 54.8. The highest BCUT2D eigenvalue weighted by atomic mass is 19.2. The standard InChI is InChI=1S/C30H22F2N4O3.C24H19F2N3O3.C6H5NO/c31-25-10-8-21(15-26(25)32)18-36-13-3-6-23(30(36)39)28(37)34-12-2-4-19-7-9-22-24(29(38)35-27(22)16-19)14-20-5-1-11-33-17-20;25-19-8-6-16(11-20(19)26)14-29-10-2-4-18(24(29)32)23(31)27-9-1-3-15-5-7-17-13-22(30)28-21(17)12-15;8-5-6-2-1-3-7-4-6/h1-11,13-17H,12,18H2,(H,34,37)(H,35,38);1-8,10-12H,9,13-14H2,(H,27,31)(H,28,30);1-5H/b4-2+,24-14+;3-1+;. The van der Waals surface area contributed by atoms with E-state index in [9.17, 15) is 51.1 Å². The van der Waals surface area contributed by atoms with Crippen molar-refractivity contribution in [2.75, 3.05) is 23.7 Å². The Hall–Kier alpha value is -10.4. The first-order chi connectivity index (χ1) is 38.2. The minimum absolute atomic E-state index is 0.00588. The summed E-state index contributed by atoms with van der Waals surface area (Å²) < 4.78 is 55.7. The van der Waals surface area contributed by atoms with Crippen LogP contribution in [0.5, 0.6) is 0 Å². The molecule has 79 heavy (non-hydrogen) atoms. The van der Waals surface area contributed by atoms with E-state index in [2.05, 4.69) is 31.2 Å². The van der Waals surface area contributed by atoms with Crippen molar-refractivity contribution in [1.82, 2.24) is 29.7 Å². The van der Waals surface area contributed by atoms with Crippen molar-refractivity contribution < 1.29 is 41.5 Å². The second-order valence-electron chi connectivity index (χ2n) is 17.6. The number of carbonyl (C=O) groups is 5. The third kappa shape index (κ3) is 14.5. The van der Waals surface area contributed by atoms with Gasteiger partial charge in [-0.3, -0.25) is 43.5 Å². The second-order valence-corrected chi connectivity index (χ2v) is 17.6. The third-order valence-electron chi connectivity index (χ3n) is 12.0. The maximum Gasteiger partial charge on any atom is 0.263 e. The van der Waals surface area contributed by atoms with Crippen LogP contribution >= 0.6 is 0 Å². The van der Waals surface area contributed by atoms with Crippen LogP contribution in [0.3, 0.4) is 0 Å². The molecule has 396 valence electrons. The third-order valence-corrected chi connectivity index (χ3v) is 12.0. The average Bonchev–Trinajstić information content (AvgIpc) is 4.03. The molecule has 6 heterocycles. The van der Waals surface area contributed by atoms with Gasteiger partial charge in [-0.1, -0.05) is 66.8 Å². The summed E-state index contributed by atoms with van der Waals surface area (Å²) >= 11 is 0. The van der Waals surface area contributed by atoms with Crippen LogP contribution in [0.2, 0.25) is 0 Å². The molecule has 0 radical (unpaired) electrons. The van der Waals surface area contributed by atoms with Crippen molar-refractivity contribution in [3.05, 3.63) is 270 Å². The fourth-order valence-corrected chi connectivity index (χ4v) is 8.09. The molecule has 0 spiro atoms. The van der Waals surface area contributed by atoms with Gasteiger partial charge in [-0.2, -0.15) is 0 Å². The molecule has 0 fully saturated rings. The highest BCUT2D eigenvalue weighted by Gasteiger charge is 2.24. The molecule has 0 atom stereocenters. The minimum Gasteiger partial charge on any atom is -0.348 e. The lowest BCUT2D eigenvalue weighted by atomic mass is 10.0. The normalized spacial score (nSPS) is 12.6. The van der Waals surface area contributed by atoms with Crippen molar-refractivity contribution in [2.45, 2.75) is 19.5 Å². The summed E-state index contributed by atoms with van der Waals surface area (Å²) in [4.78, 5) is 92.2. The van der Waals surface area contributed by atoms with Crippen LogP contribution in [-0.2, 0) is 29.1 Å². The fraction of sp³-hybridized carbons (Fsp3) is 0.0833. The van der Waals surface area contributed by atoms with Crippen molar-refractivity contribution in [2.24, 2.45) is 0 Å². The minimum atomic E-state index is -1.01. The second kappa shape index (κ2) is 25.9. The zero-order chi connectivity index (χ0) is 55.8. The highest BCUT2D eigenvalue weighted by Crippen LogP contribution is 2.34. The molecule has 0 bridgehead atoms. The largest absolute Gasteiger partial charge is 0.348 e. The molecule has 8 aromatic rings. The van der Waals surface area contributed by atoms with E-state index in [1.165, 1.54) is 52.0 Å². The predicted octanol–water partition coefficient (Wildman–Crippen LogP) is 8.51. The monoisotopic (exact) mass is 1070 g/mol. The molecular formula is C60H46F4N8O7. The van der Waals surface area contributed by atoms with Crippen molar-refractivity contribution in [3.63, 3.8) is 0 Å². The van der Waals surface area contributed by atoms with Crippen molar-refractivity contribution >= 4 is 65.1 Å².